The molecule has 0 atom stereocenters. The standard InChI is InChI=1S/C23H25N5O3S/c1-12(2)22-26-28-20(24)17(21(29)25-23(28)32-22)10-15-9-13(3)27(14(15)4)18-8-7-16(30-5)11-19(18)31-6/h7-12,24H,1-6H3/b17-10+,24-20?. The summed E-state index contributed by atoms with van der Waals surface area (Å²) in [7, 11) is 3.23. The predicted molar refractivity (Wildman–Crippen MR) is 128 cm³/mol. The van der Waals surface area contributed by atoms with E-state index >= 15 is 0 Å². The molecule has 1 amide bonds. The van der Waals surface area contributed by atoms with E-state index < -0.39 is 5.91 Å². The van der Waals surface area contributed by atoms with E-state index in [4.69, 9.17) is 14.9 Å². The Labute approximate surface area is 191 Å². The number of aliphatic imine (C=N–C) groups is 1. The van der Waals surface area contributed by atoms with Crippen LogP contribution in [0.15, 0.2) is 39.9 Å². The number of hydrazone groups is 1. The first-order valence-electron chi connectivity index (χ1n) is 10.2. The predicted octanol–water partition coefficient (Wildman–Crippen LogP) is 4.39. The molecule has 0 radical (unpaired) electrons. The molecule has 1 aromatic carbocycles. The first-order chi connectivity index (χ1) is 15.2. The molecule has 4 rings (SSSR count). The van der Waals surface area contributed by atoms with Crippen molar-refractivity contribution in [3.63, 3.8) is 0 Å². The molecule has 0 saturated carbocycles. The Morgan fingerprint density at radius 3 is 2.56 bits per heavy atom. The van der Waals surface area contributed by atoms with Crippen molar-refractivity contribution in [3.05, 3.63) is 46.8 Å². The van der Waals surface area contributed by atoms with Crippen LogP contribution < -0.4 is 9.47 Å². The van der Waals surface area contributed by atoms with Crippen LogP contribution in [0.4, 0.5) is 0 Å². The van der Waals surface area contributed by atoms with Gasteiger partial charge in [-0.25, -0.2) is 0 Å². The normalized spacial score (nSPS) is 17.1. The molecular weight excluding hydrogens is 426 g/mol. The van der Waals surface area contributed by atoms with Crippen LogP contribution in [0.2, 0.25) is 0 Å². The fourth-order valence-electron chi connectivity index (χ4n) is 3.67. The van der Waals surface area contributed by atoms with Crippen molar-refractivity contribution in [1.29, 1.82) is 5.41 Å². The average Bonchev–Trinajstić information content (AvgIpc) is 3.31. The molecule has 0 aliphatic carbocycles. The SMILES string of the molecule is COc1ccc(-n2c(C)cc(/C=C3\C(=N)N4N=C(C(C)C)SC4=NC3=O)c2C)c(OC)c1. The Bertz CT molecular complexity index is 1220. The summed E-state index contributed by atoms with van der Waals surface area (Å²) in [4.78, 5) is 16.9. The summed E-state index contributed by atoms with van der Waals surface area (Å²) in [6.07, 6.45) is 1.72. The Morgan fingerprint density at radius 2 is 1.91 bits per heavy atom. The van der Waals surface area contributed by atoms with E-state index in [0.717, 1.165) is 27.7 Å². The summed E-state index contributed by atoms with van der Waals surface area (Å²) in [5, 5.41) is 15.8. The summed E-state index contributed by atoms with van der Waals surface area (Å²) in [6.45, 7) is 8.00. The van der Waals surface area contributed by atoms with Gasteiger partial charge in [0.25, 0.3) is 5.91 Å². The maximum atomic E-state index is 12.7. The number of amides is 1. The Morgan fingerprint density at radius 1 is 1.16 bits per heavy atom. The van der Waals surface area contributed by atoms with Crippen LogP contribution in [0.3, 0.4) is 0 Å². The number of hydrogen-bond donors (Lipinski definition) is 1. The van der Waals surface area contributed by atoms with Crippen molar-refractivity contribution in [2.75, 3.05) is 14.2 Å². The van der Waals surface area contributed by atoms with Gasteiger partial charge in [0.15, 0.2) is 5.84 Å². The van der Waals surface area contributed by atoms with Gasteiger partial charge in [0.2, 0.25) is 5.17 Å². The molecule has 2 aliphatic heterocycles. The van der Waals surface area contributed by atoms with E-state index in [1.807, 2.05) is 52.0 Å². The number of aryl methyl sites for hydroxylation is 1. The van der Waals surface area contributed by atoms with E-state index in [9.17, 15) is 4.79 Å². The monoisotopic (exact) mass is 451 g/mol. The van der Waals surface area contributed by atoms with Crippen molar-refractivity contribution in [3.8, 4) is 17.2 Å². The van der Waals surface area contributed by atoms with Crippen LogP contribution in [0.1, 0.15) is 30.8 Å². The summed E-state index contributed by atoms with van der Waals surface area (Å²) in [5.74, 6) is 1.18. The Balaban J connectivity index is 1.76. The number of thioether (sulfide) groups is 1. The van der Waals surface area contributed by atoms with Gasteiger partial charge in [-0.2, -0.15) is 15.1 Å². The second kappa shape index (κ2) is 8.31. The van der Waals surface area contributed by atoms with Gasteiger partial charge in [-0.3, -0.25) is 10.2 Å². The number of nitrogens with zero attached hydrogens (tertiary/aromatic N) is 4. The minimum absolute atomic E-state index is 0.0370. The van der Waals surface area contributed by atoms with Crippen LogP contribution in [0, 0.1) is 25.2 Å². The number of benzene rings is 1. The fourth-order valence-corrected chi connectivity index (χ4v) is 4.56. The first-order valence-corrected chi connectivity index (χ1v) is 11.0. The highest BCUT2D eigenvalue weighted by molar-refractivity contribution is 8.27. The fraction of sp³-hybridized carbons (Fsp3) is 0.304. The number of carbonyl (C=O) groups is 1. The third-order valence-corrected chi connectivity index (χ3v) is 6.57. The molecule has 0 saturated heterocycles. The maximum Gasteiger partial charge on any atom is 0.283 e. The van der Waals surface area contributed by atoms with Crippen molar-refractivity contribution >= 4 is 39.8 Å². The lowest BCUT2D eigenvalue weighted by Gasteiger charge is -2.20. The number of amidine groups is 2. The molecule has 2 aromatic rings. The third kappa shape index (κ3) is 3.62. The lowest BCUT2D eigenvalue weighted by atomic mass is 10.1. The number of aromatic nitrogens is 1. The first kappa shape index (κ1) is 21.9. The Kier molecular flexibility index (Phi) is 5.68. The molecule has 1 aromatic heterocycles. The molecule has 8 nitrogen and oxygen atoms in total. The van der Waals surface area contributed by atoms with Gasteiger partial charge in [-0.15, -0.1) is 0 Å². The molecule has 0 unspecified atom stereocenters. The van der Waals surface area contributed by atoms with Crippen LogP contribution >= 0.6 is 11.8 Å². The minimum Gasteiger partial charge on any atom is -0.497 e. The number of nitrogens with one attached hydrogen (secondary N) is 1. The molecule has 2 aliphatic rings. The van der Waals surface area contributed by atoms with E-state index in [1.54, 1.807) is 20.3 Å². The van der Waals surface area contributed by atoms with Gasteiger partial charge in [0, 0.05) is 23.4 Å². The molecule has 32 heavy (non-hydrogen) atoms. The topological polar surface area (TPSA) is 92.3 Å². The molecule has 166 valence electrons. The molecule has 0 bridgehead atoms. The van der Waals surface area contributed by atoms with Gasteiger partial charge in [0.05, 0.1) is 25.5 Å². The number of carbonyl (C=O) groups excluding carboxylic acids is 1. The number of fused-ring (bicyclic) bond motifs is 1. The molecule has 0 fully saturated rings. The molecule has 0 spiro atoms. The lowest BCUT2D eigenvalue weighted by molar-refractivity contribution is -0.114. The van der Waals surface area contributed by atoms with Gasteiger partial charge in [0.1, 0.15) is 16.5 Å². The second-order valence-corrected chi connectivity index (χ2v) is 8.80. The zero-order valence-electron chi connectivity index (χ0n) is 18.9. The van der Waals surface area contributed by atoms with Gasteiger partial charge < -0.3 is 14.0 Å². The molecule has 1 N–H and O–H groups in total. The lowest BCUT2D eigenvalue weighted by Crippen LogP contribution is -2.35. The van der Waals surface area contributed by atoms with Gasteiger partial charge >= 0.3 is 0 Å². The van der Waals surface area contributed by atoms with Crippen molar-refractivity contribution in [2.45, 2.75) is 27.7 Å². The van der Waals surface area contributed by atoms with Crippen LogP contribution in [-0.2, 0) is 4.79 Å². The van der Waals surface area contributed by atoms with Crippen molar-refractivity contribution < 1.29 is 14.3 Å². The third-order valence-electron chi connectivity index (χ3n) is 5.36. The van der Waals surface area contributed by atoms with Crippen LogP contribution in [0.25, 0.3) is 11.8 Å². The van der Waals surface area contributed by atoms with E-state index in [2.05, 4.69) is 14.7 Å². The highest BCUT2D eigenvalue weighted by Crippen LogP contribution is 2.34. The maximum absolute atomic E-state index is 12.7. The summed E-state index contributed by atoms with van der Waals surface area (Å²) in [6, 6.07) is 7.62. The van der Waals surface area contributed by atoms with Crippen molar-refractivity contribution in [1.82, 2.24) is 9.58 Å². The largest absolute Gasteiger partial charge is 0.497 e. The summed E-state index contributed by atoms with van der Waals surface area (Å²) < 4.78 is 12.9. The zero-order chi connectivity index (χ0) is 23.2. The van der Waals surface area contributed by atoms with E-state index in [1.165, 1.54) is 16.8 Å². The van der Waals surface area contributed by atoms with E-state index in [-0.39, 0.29) is 17.3 Å². The average molecular weight is 452 g/mol. The van der Waals surface area contributed by atoms with Crippen LogP contribution in [0.5, 0.6) is 11.5 Å². The summed E-state index contributed by atoms with van der Waals surface area (Å²) >= 11 is 1.34. The number of methoxy groups -OCH3 is 2. The molecule has 9 heteroatoms. The van der Waals surface area contributed by atoms with Gasteiger partial charge in [-0.05, 0) is 55.4 Å². The second-order valence-electron chi connectivity index (χ2n) is 7.81. The molecule has 3 heterocycles. The number of rotatable bonds is 5. The van der Waals surface area contributed by atoms with Crippen molar-refractivity contribution in [2.24, 2.45) is 16.0 Å². The molecular formula is C23H25N5O3S. The highest BCUT2D eigenvalue weighted by atomic mass is 32.2. The zero-order valence-corrected chi connectivity index (χ0v) is 19.7. The quantitative estimate of drug-likeness (QED) is 0.681. The Hall–Kier alpha value is -3.33. The summed E-state index contributed by atoms with van der Waals surface area (Å²) in [5.41, 5.74) is 3.78. The smallest absolute Gasteiger partial charge is 0.283 e. The highest BCUT2D eigenvalue weighted by Gasteiger charge is 2.36. The number of hydrogen-bond acceptors (Lipinski definition) is 6. The van der Waals surface area contributed by atoms with Crippen LogP contribution in [-0.4, -0.2) is 45.7 Å². The van der Waals surface area contributed by atoms with Gasteiger partial charge in [-0.1, -0.05) is 13.8 Å². The van der Waals surface area contributed by atoms with E-state index in [0.29, 0.717) is 16.7 Å². The number of ether oxygens (including phenoxy) is 2. The minimum atomic E-state index is -0.430.